The number of aliphatic hydroxyl groups excluding tert-OH is 2. The number of aromatic nitrogens is 6. The van der Waals surface area contributed by atoms with Crippen molar-refractivity contribution in [1.29, 1.82) is 0 Å². The zero-order valence-electron chi connectivity index (χ0n) is 57.2. The van der Waals surface area contributed by atoms with Gasteiger partial charge in [0.05, 0.1) is 57.9 Å². The van der Waals surface area contributed by atoms with E-state index in [1.54, 1.807) is 119 Å². The summed E-state index contributed by atoms with van der Waals surface area (Å²) in [4.78, 5) is 63.4. The van der Waals surface area contributed by atoms with Crippen LogP contribution in [0.1, 0.15) is 161 Å². The zero-order valence-corrected chi connectivity index (χ0v) is 57.2. The lowest BCUT2D eigenvalue weighted by atomic mass is 9.78. The summed E-state index contributed by atoms with van der Waals surface area (Å²) in [5, 5.41) is 31.2. The van der Waals surface area contributed by atoms with Crippen molar-refractivity contribution < 1.29 is 91.5 Å². The van der Waals surface area contributed by atoms with Crippen LogP contribution in [0.4, 0.5) is 64.3 Å². The SMILES string of the molecule is O=C(OCc1ccccc1)c1cc(N2CCC(c3nn(C(c4ccccc4)c4ccccc4)c4c3[C@@H](C(F)(F)F)[C@@H](O)C(=O)C4)CC2)ncc1C(F)(F)F.O=C(OCc1ccccc1)c1cc(N2CCC(c3nn(C(c4ccccc4)c4ccccc4)c4c3[C@H](C(F)(F)F)[C@H](O)C(=O)C4)CC2)ncc1C(F)(F)F. The molecule has 2 saturated heterocycles. The molecule has 6 aromatic carbocycles. The summed E-state index contributed by atoms with van der Waals surface area (Å²) in [7, 11) is 0. The highest BCUT2D eigenvalue weighted by atomic mass is 19.4. The van der Waals surface area contributed by atoms with Crippen LogP contribution in [0, 0.1) is 0 Å². The van der Waals surface area contributed by atoms with E-state index in [0.29, 0.717) is 23.5 Å². The fourth-order valence-corrected chi connectivity index (χ4v) is 14.9. The first-order valence-electron chi connectivity index (χ1n) is 34.7. The summed E-state index contributed by atoms with van der Waals surface area (Å²) in [5.41, 5.74) is 0.0770. The van der Waals surface area contributed by atoms with Crippen molar-refractivity contribution in [2.24, 2.45) is 0 Å². The second-order valence-corrected chi connectivity index (χ2v) is 26.9. The van der Waals surface area contributed by atoms with Crippen molar-refractivity contribution in [1.82, 2.24) is 29.5 Å². The van der Waals surface area contributed by atoms with Crippen LogP contribution in [-0.2, 0) is 57.5 Å². The number of benzene rings is 6. The molecule has 0 spiro atoms. The van der Waals surface area contributed by atoms with Gasteiger partial charge in [-0.3, -0.25) is 19.0 Å². The van der Waals surface area contributed by atoms with Crippen molar-refractivity contribution >= 4 is 35.1 Å². The number of hydrogen-bond donors (Lipinski definition) is 2. The fraction of sp³-hybridized carbons (Fsp3) is 0.300. The highest BCUT2D eigenvalue weighted by molar-refractivity contribution is 5.93. The van der Waals surface area contributed by atoms with Crippen LogP contribution < -0.4 is 9.80 Å². The summed E-state index contributed by atoms with van der Waals surface area (Å²) < 4.78 is 186. The summed E-state index contributed by atoms with van der Waals surface area (Å²) in [6, 6.07) is 53.9. The van der Waals surface area contributed by atoms with Crippen LogP contribution in [0.3, 0.4) is 0 Å². The molecule has 0 bridgehead atoms. The van der Waals surface area contributed by atoms with Gasteiger partial charge in [0, 0.05) is 61.5 Å². The molecule has 16 nitrogen and oxygen atoms in total. The number of aliphatic hydroxyl groups is 2. The molecular formula is C80H68F12N8O8. The third-order valence-corrected chi connectivity index (χ3v) is 20.1. The number of piperidine rings is 2. The Morgan fingerprint density at radius 1 is 0.435 bits per heavy atom. The number of pyridine rings is 2. The molecule has 4 aromatic heterocycles. The third-order valence-electron chi connectivity index (χ3n) is 20.1. The average molecular weight is 1500 g/mol. The van der Waals surface area contributed by atoms with E-state index in [-0.39, 0.29) is 111 Å². The maximum atomic E-state index is 14.8. The molecule has 4 atom stereocenters. The number of ether oxygens (including phenoxy) is 2. The van der Waals surface area contributed by atoms with Crippen LogP contribution in [0.5, 0.6) is 0 Å². The molecule has 0 radical (unpaired) electrons. The molecule has 2 fully saturated rings. The zero-order chi connectivity index (χ0) is 76.4. The Bertz CT molecular complexity index is 4460. The lowest BCUT2D eigenvalue weighted by Crippen LogP contribution is -2.43. The minimum absolute atomic E-state index is 0.0723. The van der Waals surface area contributed by atoms with E-state index in [1.165, 1.54) is 9.36 Å². The molecule has 2 aliphatic heterocycles. The first-order chi connectivity index (χ1) is 51.6. The molecule has 0 saturated carbocycles. The smallest absolute Gasteiger partial charge is 0.418 e. The van der Waals surface area contributed by atoms with Crippen LogP contribution >= 0.6 is 0 Å². The number of halogens is 12. The van der Waals surface area contributed by atoms with Gasteiger partial charge in [0.1, 0.15) is 61.0 Å². The highest BCUT2D eigenvalue weighted by Gasteiger charge is 2.56. The standard InChI is InChI=1S/2C40H34F6N4O4/c2*41-39(42,43)29-22-47-32(20-28(29)38(53)54-23-24-10-4-1-5-11-24)49-18-16-25(17-19-49)35-33-30(21-31(51)37(52)34(33)40(44,45)46)50(48-35)36(26-12-6-2-7-13-26)27-14-8-3-9-15-27/h2*1-15,20,22,25,34,36-37,52H,16-19,21,23H2/t2*34-,37+/m10/s1. The van der Waals surface area contributed by atoms with Crippen LogP contribution in [0.15, 0.2) is 207 Å². The summed E-state index contributed by atoms with van der Waals surface area (Å²) in [6.07, 6.45) is -23.2. The van der Waals surface area contributed by atoms with E-state index >= 15 is 0 Å². The quantitative estimate of drug-likeness (QED) is 0.0685. The maximum absolute atomic E-state index is 14.8. The van der Waals surface area contributed by atoms with Crippen molar-refractivity contribution in [3.05, 3.63) is 296 Å². The van der Waals surface area contributed by atoms with Crippen LogP contribution in [0.25, 0.3) is 0 Å². The van der Waals surface area contributed by atoms with Gasteiger partial charge < -0.3 is 29.5 Å². The van der Waals surface area contributed by atoms with Crippen molar-refractivity contribution in [2.75, 3.05) is 36.0 Å². The lowest BCUT2D eigenvalue weighted by Gasteiger charge is -2.35. The molecule has 28 heteroatoms. The molecular weight excluding hydrogens is 1430 g/mol. The molecule has 0 amide bonds. The van der Waals surface area contributed by atoms with Gasteiger partial charge >= 0.3 is 36.6 Å². The van der Waals surface area contributed by atoms with Crippen LogP contribution in [0.2, 0.25) is 0 Å². The largest absolute Gasteiger partial charge is 0.457 e. The Hall–Kier alpha value is -11.0. The number of anilines is 2. The molecule has 2 N–H and O–H groups in total. The van der Waals surface area contributed by atoms with Gasteiger partial charge in [-0.15, -0.1) is 0 Å². The Kier molecular flexibility index (Phi) is 21.6. The van der Waals surface area contributed by atoms with E-state index in [0.717, 1.165) is 34.4 Å². The first-order valence-corrected chi connectivity index (χ1v) is 34.7. The number of carbonyl (C=O) groups excluding carboxylic acids is 4. The van der Waals surface area contributed by atoms with E-state index in [2.05, 4.69) is 9.97 Å². The van der Waals surface area contributed by atoms with Crippen molar-refractivity contribution in [3.63, 3.8) is 0 Å². The average Bonchev–Trinajstić information content (AvgIpc) is 1.56. The molecule has 4 aliphatic rings. The number of fused-ring (bicyclic) bond motifs is 2. The van der Waals surface area contributed by atoms with E-state index in [4.69, 9.17) is 19.7 Å². The number of ketones is 2. The Labute approximate surface area is 610 Å². The van der Waals surface area contributed by atoms with Gasteiger partial charge in [-0.1, -0.05) is 182 Å². The van der Waals surface area contributed by atoms with Gasteiger partial charge in [0.25, 0.3) is 0 Å². The maximum Gasteiger partial charge on any atom is 0.418 e. The van der Waals surface area contributed by atoms with Crippen molar-refractivity contribution in [3.8, 4) is 0 Å². The fourth-order valence-electron chi connectivity index (χ4n) is 14.9. The Balaban J connectivity index is 0.000000190. The minimum Gasteiger partial charge on any atom is -0.457 e. The molecule has 0 unspecified atom stereocenters. The van der Waals surface area contributed by atoms with Crippen molar-refractivity contribution in [2.45, 2.75) is 124 Å². The number of esters is 2. The number of carbonyl (C=O) groups is 4. The van der Waals surface area contributed by atoms with Crippen LogP contribution in [-0.4, -0.2) is 114 Å². The monoisotopic (exact) mass is 1500 g/mol. The van der Waals surface area contributed by atoms with Gasteiger partial charge in [0.15, 0.2) is 11.6 Å². The topological polar surface area (TPSA) is 195 Å². The number of rotatable bonds is 16. The third kappa shape index (κ3) is 16.0. The van der Waals surface area contributed by atoms with Gasteiger partial charge in [-0.2, -0.15) is 62.9 Å². The molecule has 6 heterocycles. The number of hydrogen-bond acceptors (Lipinski definition) is 14. The normalized spacial score (nSPS) is 18.1. The molecule has 2 aliphatic carbocycles. The Morgan fingerprint density at radius 2 is 0.722 bits per heavy atom. The molecule has 108 heavy (non-hydrogen) atoms. The molecule has 10 aromatic rings. The lowest BCUT2D eigenvalue weighted by molar-refractivity contribution is -0.179. The summed E-state index contributed by atoms with van der Waals surface area (Å²) in [5.74, 6) is -10.3. The predicted octanol–water partition coefficient (Wildman–Crippen LogP) is 15.6. The number of Topliss-reactive ketones (excluding diaryl/α,β-unsaturated/α-hetero) is 2. The van der Waals surface area contributed by atoms with Gasteiger partial charge in [0.2, 0.25) is 0 Å². The second-order valence-electron chi connectivity index (χ2n) is 26.9. The predicted molar refractivity (Wildman–Crippen MR) is 370 cm³/mol. The highest BCUT2D eigenvalue weighted by Crippen LogP contribution is 2.51. The number of alkyl halides is 12. The van der Waals surface area contributed by atoms with E-state index in [9.17, 15) is 82.1 Å². The summed E-state index contributed by atoms with van der Waals surface area (Å²) in [6.45, 7) is 0.131. The Morgan fingerprint density at radius 3 is 1.00 bits per heavy atom. The van der Waals surface area contributed by atoms with Gasteiger partial charge in [-0.05, 0) is 71.2 Å². The second kappa shape index (κ2) is 31.1. The van der Waals surface area contributed by atoms with E-state index < -0.39 is 131 Å². The summed E-state index contributed by atoms with van der Waals surface area (Å²) >= 11 is 0. The number of nitrogens with zero attached hydrogens (tertiary/aromatic N) is 8. The van der Waals surface area contributed by atoms with E-state index in [1.807, 2.05) is 72.8 Å². The first kappa shape index (κ1) is 75.2. The molecule has 560 valence electrons. The van der Waals surface area contributed by atoms with Gasteiger partial charge in [-0.25, -0.2) is 19.6 Å². The molecule has 14 rings (SSSR count). The minimum atomic E-state index is -4.97.